The highest BCUT2D eigenvalue weighted by Gasteiger charge is 2.44. The SMILES string of the molecule is O=CC1(C2CCCC2O)CCCCCC1. The molecule has 0 aromatic rings. The molecule has 0 bridgehead atoms. The summed E-state index contributed by atoms with van der Waals surface area (Å²) in [7, 11) is 0. The summed E-state index contributed by atoms with van der Waals surface area (Å²) in [5.74, 6) is 0.257. The van der Waals surface area contributed by atoms with Crippen LogP contribution in [0.25, 0.3) is 0 Å². The van der Waals surface area contributed by atoms with Crippen molar-refractivity contribution in [3.63, 3.8) is 0 Å². The molecule has 0 spiro atoms. The number of aldehydes is 1. The lowest BCUT2D eigenvalue weighted by molar-refractivity contribution is -0.122. The smallest absolute Gasteiger partial charge is 0.126 e. The Morgan fingerprint density at radius 2 is 1.67 bits per heavy atom. The van der Waals surface area contributed by atoms with Gasteiger partial charge in [0.2, 0.25) is 0 Å². The van der Waals surface area contributed by atoms with E-state index in [4.69, 9.17) is 0 Å². The summed E-state index contributed by atoms with van der Waals surface area (Å²) < 4.78 is 0. The molecule has 15 heavy (non-hydrogen) atoms. The molecular weight excluding hydrogens is 188 g/mol. The number of rotatable bonds is 2. The molecular formula is C13H22O2. The Morgan fingerprint density at radius 3 is 2.13 bits per heavy atom. The van der Waals surface area contributed by atoms with E-state index in [2.05, 4.69) is 0 Å². The maximum Gasteiger partial charge on any atom is 0.126 e. The van der Waals surface area contributed by atoms with Crippen molar-refractivity contribution >= 4 is 6.29 Å². The van der Waals surface area contributed by atoms with E-state index in [-0.39, 0.29) is 17.4 Å². The van der Waals surface area contributed by atoms with E-state index >= 15 is 0 Å². The van der Waals surface area contributed by atoms with Gasteiger partial charge in [0.1, 0.15) is 6.29 Å². The van der Waals surface area contributed by atoms with E-state index in [1.54, 1.807) is 0 Å². The number of carbonyl (C=O) groups excluding carboxylic acids is 1. The Balaban J connectivity index is 2.14. The third kappa shape index (κ3) is 2.10. The van der Waals surface area contributed by atoms with Gasteiger partial charge in [-0.15, -0.1) is 0 Å². The summed E-state index contributed by atoms with van der Waals surface area (Å²) in [5, 5.41) is 9.97. The molecule has 1 N–H and O–H groups in total. The molecule has 2 heteroatoms. The summed E-state index contributed by atoms with van der Waals surface area (Å²) in [5.41, 5.74) is -0.174. The van der Waals surface area contributed by atoms with Gasteiger partial charge in [0.05, 0.1) is 6.10 Å². The molecule has 2 saturated carbocycles. The third-order valence-electron chi connectivity index (χ3n) is 4.49. The van der Waals surface area contributed by atoms with Gasteiger partial charge in [-0.05, 0) is 31.6 Å². The molecule has 2 unspecified atom stereocenters. The molecule has 2 nitrogen and oxygen atoms in total. The van der Waals surface area contributed by atoms with Gasteiger partial charge in [-0.1, -0.05) is 32.1 Å². The summed E-state index contributed by atoms with van der Waals surface area (Å²) in [6.07, 6.45) is 10.9. The first-order valence-electron chi connectivity index (χ1n) is 6.43. The van der Waals surface area contributed by atoms with E-state index in [0.29, 0.717) is 0 Å². The van der Waals surface area contributed by atoms with Gasteiger partial charge in [0.15, 0.2) is 0 Å². The predicted molar refractivity (Wildman–Crippen MR) is 59.5 cm³/mol. The quantitative estimate of drug-likeness (QED) is 0.562. The lowest BCUT2D eigenvalue weighted by Gasteiger charge is -2.35. The Morgan fingerprint density at radius 1 is 1.00 bits per heavy atom. The van der Waals surface area contributed by atoms with Crippen LogP contribution in [0.3, 0.4) is 0 Å². The average molecular weight is 210 g/mol. The molecule has 0 radical (unpaired) electrons. The van der Waals surface area contributed by atoms with Crippen molar-refractivity contribution in [1.29, 1.82) is 0 Å². The van der Waals surface area contributed by atoms with E-state index in [1.807, 2.05) is 0 Å². The number of aliphatic hydroxyl groups excluding tert-OH is 1. The predicted octanol–water partition coefficient (Wildman–Crippen LogP) is 2.69. The Labute approximate surface area is 92.1 Å². The van der Waals surface area contributed by atoms with E-state index in [9.17, 15) is 9.90 Å². The van der Waals surface area contributed by atoms with Crippen LogP contribution >= 0.6 is 0 Å². The van der Waals surface area contributed by atoms with Gasteiger partial charge in [-0.3, -0.25) is 0 Å². The number of hydrogen-bond donors (Lipinski definition) is 1. The van der Waals surface area contributed by atoms with Gasteiger partial charge < -0.3 is 9.90 Å². The van der Waals surface area contributed by atoms with Crippen LogP contribution in [0.5, 0.6) is 0 Å². The highest BCUT2D eigenvalue weighted by molar-refractivity contribution is 5.60. The zero-order valence-electron chi connectivity index (χ0n) is 9.45. The van der Waals surface area contributed by atoms with Crippen molar-refractivity contribution in [2.45, 2.75) is 63.9 Å². The molecule has 0 aromatic heterocycles. The molecule has 2 aliphatic rings. The molecule has 2 rings (SSSR count). The van der Waals surface area contributed by atoms with Crippen LogP contribution in [0, 0.1) is 11.3 Å². The normalized spacial score (nSPS) is 36.1. The van der Waals surface area contributed by atoms with Gasteiger partial charge in [0, 0.05) is 5.41 Å². The fourth-order valence-electron chi connectivity index (χ4n) is 3.57. The lowest BCUT2D eigenvalue weighted by atomic mass is 9.69. The molecule has 0 saturated heterocycles. The Bertz CT molecular complexity index is 217. The Hall–Kier alpha value is -0.370. The fraction of sp³-hybridized carbons (Fsp3) is 0.923. The number of carbonyl (C=O) groups is 1. The lowest BCUT2D eigenvalue weighted by Crippen LogP contribution is -2.36. The zero-order chi connectivity index (χ0) is 10.7. The number of aliphatic hydroxyl groups is 1. The molecule has 2 atom stereocenters. The van der Waals surface area contributed by atoms with Crippen LogP contribution in [0.15, 0.2) is 0 Å². The second-order valence-electron chi connectivity index (χ2n) is 5.37. The van der Waals surface area contributed by atoms with Crippen molar-refractivity contribution in [3.8, 4) is 0 Å². The summed E-state index contributed by atoms with van der Waals surface area (Å²) in [6, 6.07) is 0. The third-order valence-corrected chi connectivity index (χ3v) is 4.49. The van der Waals surface area contributed by atoms with Gasteiger partial charge in [-0.25, -0.2) is 0 Å². The van der Waals surface area contributed by atoms with Crippen molar-refractivity contribution in [3.05, 3.63) is 0 Å². The van der Waals surface area contributed by atoms with Crippen LogP contribution in [0.1, 0.15) is 57.8 Å². The molecule has 86 valence electrons. The first kappa shape index (κ1) is 11.1. The highest BCUT2D eigenvalue weighted by atomic mass is 16.3. The van der Waals surface area contributed by atoms with Crippen molar-refractivity contribution < 1.29 is 9.90 Å². The van der Waals surface area contributed by atoms with Crippen molar-refractivity contribution in [1.82, 2.24) is 0 Å². The van der Waals surface area contributed by atoms with Crippen molar-refractivity contribution in [2.75, 3.05) is 0 Å². The standard InChI is InChI=1S/C13H22O2/c14-10-13(8-3-1-2-4-9-13)11-6-5-7-12(11)15/h10-12,15H,1-9H2. The first-order valence-corrected chi connectivity index (χ1v) is 6.43. The molecule has 0 aliphatic heterocycles. The van der Waals surface area contributed by atoms with Crippen molar-refractivity contribution in [2.24, 2.45) is 11.3 Å². The largest absolute Gasteiger partial charge is 0.393 e. The van der Waals surface area contributed by atoms with E-state index in [1.165, 1.54) is 32.0 Å². The van der Waals surface area contributed by atoms with E-state index < -0.39 is 0 Å². The maximum atomic E-state index is 11.5. The topological polar surface area (TPSA) is 37.3 Å². The monoisotopic (exact) mass is 210 g/mol. The number of hydrogen-bond acceptors (Lipinski definition) is 2. The Kier molecular flexibility index (Phi) is 3.45. The molecule has 0 amide bonds. The van der Waals surface area contributed by atoms with Gasteiger partial charge in [0.25, 0.3) is 0 Å². The molecule has 0 heterocycles. The molecule has 2 aliphatic carbocycles. The van der Waals surface area contributed by atoms with Crippen LogP contribution in [-0.2, 0) is 4.79 Å². The minimum Gasteiger partial charge on any atom is -0.393 e. The van der Waals surface area contributed by atoms with Gasteiger partial charge in [-0.2, -0.15) is 0 Å². The fourth-order valence-corrected chi connectivity index (χ4v) is 3.57. The molecule has 2 fully saturated rings. The summed E-state index contributed by atoms with van der Waals surface area (Å²) in [6.45, 7) is 0. The minimum absolute atomic E-state index is 0.174. The maximum absolute atomic E-state index is 11.5. The summed E-state index contributed by atoms with van der Waals surface area (Å²) in [4.78, 5) is 11.5. The zero-order valence-corrected chi connectivity index (χ0v) is 9.45. The first-order chi connectivity index (χ1) is 7.28. The van der Waals surface area contributed by atoms with Crippen LogP contribution in [-0.4, -0.2) is 17.5 Å². The minimum atomic E-state index is -0.215. The van der Waals surface area contributed by atoms with E-state index in [0.717, 1.165) is 32.1 Å². The molecule has 0 aromatic carbocycles. The average Bonchev–Trinajstić information content (AvgIpc) is 2.56. The van der Waals surface area contributed by atoms with Crippen LogP contribution in [0.4, 0.5) is 0 Å². The van der Waals surface area contributed by atoms with Crippen LogP contribution in [0.2, 0.25) is 0 Å². The highest BCUT2D eigenvalue weighted by Crippen LogP contribution is 2.46. The van der Waals surface area contributed by atoms with Crippen LogP contribution < -0.4 is 0 Å². The summed E-state index contributed by atoms with van der Waals surface area (Å²) >= 11 is 0. The van der Waals surface area contributed by atoms with Gasteiger partial charge >= 0.3 is 0 Å². The second-order valence-corrected chi connectivity index (χ2v) is 5.37. The second kappa shape index (κ2) is 4.65.